The van der Waals surface area contributed by atoms with E-state index in [1.807, 2.05) is 25.3 Å². The number of aryl methyl sites for hydroxylation is 1. The maximum atomic E-state index is 6.52. The first-order chi connectivity index (χ1) is 12.2. The highest BCUT2D eigenvalue weighted by molar-refractivity contribution is 6.31. The topological polar surface area (TPSA) is 56.8 Å². The van der Waals surface area contributed by atoms with Crippen LogP contribution in [0.4, 0.5) is 11.4 Å². The van der Waals surface area contributed by atoms with Crippen molar-refractivity contribution in [2.75, 3.05) is 23.3 Å². The smallest absolute Gasteiger partial charge is 0.181 e. The number of rotatable bonds is 4. The third-order valence-electron chi connectivity index (χ3n) is 4.86. The molecule has 1 saturated heterocycles. The standard InChI is InChI=1S/C19H22ClN5/c1-13-15-10-14(11-22-19(15)24-23-13)21-12-16-17(20)6-5-7-18(16)25-8-3-2-4-9-25/h5-7,10-11,21H,2-4,8-9,12H2,1H3,(H,22,23,24). The van der Waals surface area contributed by atoms with Crippen molar-refractivity contribution in [2.45, 2.75) is 32.7 Å². The van der Waals surface area contributed by atoms with E-state index in [1.54, 1.807) is 0 Å². The number of aromatic amines is 1. The lowest BCUT2D eigenvalue weighted by Crippen LogP contribution is -2.30. The molecule has 5 nitrogen and oxygen atoms in total. The van der Waals surface area contributed by atoms with E-state index < -0.39 is 0 Å². The Kier molecular flexibility index (Phi) is 4.49. The Hall–Kier alpha value is -2.27. The van der Waals surface area contributed by atoms with Gasteiger partial charge in [-0.1, -0.05) is 17.7 Å². The number of piperidine rings is 1. The first-order valence-corrected chi connectivity index (χ1v) is 9.17. The highest BCUT2D eigenvalue weighted by Crippen LogP contribution is 2.30. The number of hydrogen-bond donors (Lipinski definition) is 2. The SMILES string of the molecule is Cc1[nH]nc2ncc(NCc3c(Cl)cccc3N3CCCCC3)cc12. The third-order valence-corrected chi connectivity index (χ3v) is 5.21. The second-order valence-corrected chi connectivity index (χ2v) is 6.99. The summed E-state index contributed by atoms with van der Waals surface area (Å²) in [6.45, 7) is 4.89. The molecule has 1 aromatic carbocycles. The van der Waals surface area contributed by atoms with Gasteiger partial charge in [0.25, 0.3) is 0 Å². The normalized spacial score (nSPS) is 14.9. The maximum Gasteiger partial charge on any atom is 0.181 e. The van der Waals surface area contributed by atoms with Gasteiger partial charge >= 0.3 is 0 Å². The van der Waals surface area contributed by atoms with E-state index in [4.69, 9.17) is 11.6 Å². The Bertz CT molecular complexity index is 883. The average molecular weight is 356 g/mol. The van der Waals surface area contributed by atoms with Gasteiger partial charge in [-0.2, -0.15) is 5.10 Å². The highest BCUT2D eigenvalue weighted by Gasteiger charge is 2.16. The van der Waals surface area contributed by atoms with Gasteiger partial charge in [0.15, 0.2) is 5.65 Å². The van der Waals surface area contributed by atoms with Gasteiger partial charge in [0.2, 0.25) is 0 Å². The second kappa shape index (κ2) is 6.92. The molecule has 0 atom stereocenters. The quantitative estimate of drug-likeness (QED) is 0.722. The molecular weight excluding hydrogens is 334 g/mol. The highest BCUT2D eigenvalue weighted by atomic mass is 35.5. The van der Waals surface area contributed by atoms with Crippen molar-refractivity contribution in [3.05, 3.63) is 46.7 Å². The van der Waals surface area contributed by atoms with Crippen LogP contribution >= 0.6 is 11.6 Å². The largest absolute Gasteiger partial charge is 0.380 e. The molecule has 0 saturated carbocycles. The molecule has 0 aliphatic carbocycles. The minimum absolute atomic E-state index is 0.676. The number of nitrogens with one attached hydrogen (secondary N) is 2. The number of benzene rings is 1. The molecular formula is C19H22ClN5. The summed E-state index contributed by atoms with van der Waals surface area (Å²) in [5.41, 5.74) is 5.14. The van der Waals surface area contributed by atoms with Gasteiger partial charge in [-0.25, -0.2) is 4.98 Å². The van der Waals surface area contributed by atoms with Crippen LogP contribution in [0.5, 0.6) is 0 Å². The van der Waals surface area contributed by atoms with Gasteiger partial charge in [0.05, 0.1) is 11.9 Å². The summed E-state index contributed by atoms with van der Waals surface area (Å²) in [4.78, 5) is 6.85. The Labute approximate surface area is 152 Å². The summed E-state index contributed by atoms with van der Waals surface area (Å²) in [6.07, 6.45) is 5.64. The van der Waals surface area contributed by atoms with Gasteiger partial charge < -0.3 is 10.2 Å². The van der Waals surface area contributed by atoms with Gasteiger partial charge in [-0.05, 0) is 44.4 Å². The van der Waals surface area contributed by atoms with Crippen molar-refractivity contribution in [3.63, 3.8) is 0 Å². The maximum absolute atomic E-state index is 6.52. The molecule has 1 aliphatic rings. The second-order valence-electron chi connectivity index (χ2n) is 6.58. The molecule has 0 unspecified atom stereocenters. The molecule has 0 amide bonds. The predicted molar refractivity (Wildman–Crippen MR) is 103 cm³/mol. The van der Waals surface area contributed by atoms with Crippen molar-refractivity contribution in [2.24, 2.45) is 0 Å². The minimum Gasteiger partial charge on any atom is -0.380 e. The number of fused-ring (bicyclic) bond motifs is 1. The van der Waals surface area contributed by atoms with E-state index in [2.05, 4.69) is 37.5 Å². The third kappa shape index (κ3) is 3.29. The lowest BCUT2D eigenvalue weighted by Gasteiger charge is -2.31. The van der Waals surface area contributed by atoms with Gasteiger partial charge in [0, 0.05) is 47.0 Å². The predicted octanol–water partition coefficient (Wildman–Crippen LogP) is 4.52. The molecule has 3 heterocycles. The summed E-state index contributed by atoms with van der Waals surface area (Å²) in [6, 6.07) is 8.26. The van der Waals surface area contributed by atoms with Crippen LogP contribution < -0.4 is 10.2 Å². The molecule has 0 radical (unpaired) electrons. The number of aromatic nitrogens is 3. The first-order valence-electron chi connectivity index (χ1n) is 8.79. The van der Waals surface area contributed by atoms with Crippen molar-refractivity contribution < 1.29 is 0 Å². The number of H-pyrrole nitrogens is 1. The lowest BCUT2D eigenvalue weighted by atomic mass is 10.1. The fourth-order valence-electron chi connectivity index (χ4n) is 3.46. The molecule has 25 heavy (non-hydrogen) atoms. The Balaban J connectivity index is 1.58. The zero-order valence-electron chi connectivity index (χ0n) is 14.3. The lowest BCUT2D eigenvalue weighted by molar-refractivity contribution is 0.576. The monoisotopic (exact) mass is 355 g/mol. The molecule has 130 valence electrons. The van der Waals surface area contributed by atoms with E-state index in [1.165, 1.54) is 24.9 Å². The van der Waals surface area contributed by atoms with Crippen molar-refractivity contribution in [1.82, 2.24) is 15.2 Å². The molecule has 4 rings (SSSR count). The zero-order valence-corrected chi connectivity index (χ0v) is 15.1. The van der Waals surface area contributed by atoms with Crippen molar-refractivity contribution in [3.8, 4) is 0 Å². The minimum atomic E-state index is 0.676. The molecule has 2 aromatic heterocycles. The number of hydrogen-bond acceptors (Lipinski definition) is 4. The van der Waals surface area contributed by atoms with Crippen LogP contribution in [-0.4, -0.2) is 28.3 Å². The Morgan fingerprint density at radius 3 is 2.92 bits per heavy atom. The number of nitrogens with zero attached hydrogens (tertiary/aromatic N) is 3. The molecule has 0 bridgehead atoms. The molecule has 1 aliphatic heterocycles. The average Bonchev–Trinajstić information content (AvgIpc) is 3.02. The zero-order chi connectivity index (χ0) is 17.2. The molecule has 2 N–H and O–H groups in total. The fraction of sp³-hybridized carbons (Fsp3) is 0.368. The van der Waals surface area contributed by atoms with Crippen LogP contribution in [0.3, 0.4) is 0 Å². The summed E-state index contributed by atoms with van der Waals surface area (Å²) >= 11 is 6.52. The molecule has 6 heteroatoms. The van der Waals surface area contributed by atoms with E-state index in [0.29, 0.717) is 6.54 Å². The van der Waals surface area contributed by atoms with Crippen LogP contribution in [-0.2, 0) is 6.54 Å². The first kappa shape index (κ1) is 16.2. The number of anilines is 2. The number of pyridine rings is 1. The van der Waals surface area contributed by atoms with Crippen LogP contribution in [0.15, 0.2) is 30.5 Å². The Morgan fingerprint density at radius 1 is 1.24 bits per heavy atom. The van der Waals surface area contributed by atoms with Crippen LogP contribution in [0, 0.1) is 6.92 Å². The van der Waals surface area contributed by atoms with E-state index >= 15 is 0 Å². The summed E-state index contributed by atoms with van der Waals surface area (Å²) in [7, 11) is 0. The van der Waals surface area contributed by atoms with Crippen LogP contribution in [0.2, 0.25) is 5.02 Å². The van der Waals surface area contributed by atoms with Crippen molar-refractivity contribution >= 4 is 34.0 Å². The summed E-state index contributed by atoms with van der Waals surface area (Å²) in [5, 5.41) is 12.5. The molecule has 1 fully saturated rings. The van der Waals surface area contributed by atoms with Crippen molar-refractivity contribution in [1.29, 1.82) is 0 Å². The summed E-state index contributed by atoms with van der Waals surface area (Å²) in [5.74, 6) is 0. The van der Waals surface area contributed by atoms with Crippen LogP contribution in [0.1, 0.15) is 30.5 Å². The fourth-order valence-corrected chi connectivity index (χ4v) is 3.70. The Morgan fingerprint density at radius 2 is 2.08 bits per heavy atom. The van der Waals surface area contributed by atoms with Gasteiger partial charge in [0.1, 0.15) is 0 Å². The summed E-state index contributed by atoms with van der Waals surface area (Å²) < 4.78 is 0. The number of halogens is 1. The van der Waals surface area contributed by atoms with E-state index in [-0.39, 0.29) is 0 Å². The molecule has 0 spiro atoms. The van der Waals surface area contributed by atoms with Crippen LogP contribution in [0.25, 0.3) is 11.0 Å². The van der Waals surface area contributed by atoms with E-state index in [9.17, 15) is 0 Å². The van der Waals surface area contributed by atoms with Gasteiger partial charge in [-0.15, -0.1) is 0 Å². The van der Waals surface area contributed by atoms with E-state index in [0.717, 1.165) is 46.1 Å². The molecule has 3 aromatic rings. The van der Waals surface area contributed by atoms with Gasteiger partial charge in [-0.3, -0.25) is 5.10 Å².